The summed E-state index contributed by atoms with van der Waals surface area (Å²) in [5.41, 5.74) is 3.93. The third kappa shape index (κ3) is 5.47. The average Bonchev–Trinajstić information content (AvgIpc) is 3.34. The summed E-state index contributed by atoms with van der Waals surface area (Å²) in [7, 11) is -3.91. The number of phosphoric acid groups is 1. The number of carbonyl (C=O) groups excluding carboxylic acids is 1. The maximum absolute atomic E-state index is 13.0. The Kier molecular flexibility index (Phi) is 7.23. The second kappa shape index (κ2) is 9.81. The number of nitrogens with one attached hydrogen (secondary N) is 1. The van der Waals surface area contributed by atoms with E-state index in [4.69, 9.17) is 28.8 Å². The van der Waals surface area contributed by atoms with Crippen LogP contribution in [0.15, 0.2) is 21.9 Å². The molecule has 1 saturated carbocycles. The smallest absolute Gasteiger partial charge is 0.462 e. The number of hydrogen-bond acceptors (Lipinski definition) is 10. The quantitative estimate of drug-likeness (QED) is 0.311. The van der Waals surface area contributed by atoms with Crippen molar-refractivity contribution in [3.8, 4) is 0 Å². The van der Waals surface area contributed by atoms with E-state index in [1.165, 1.54) is 12.3 Å². The van der Waals surface area contributed by atoms with Crippen LogP contribution in [0.2, 0.25) is 0 Å². The van der Waals surface area contributed by atoms with Crippen LogP contribution in [-0.4, -0.2) is 52.6 Å². The molecule has 5 atom stereocenters. The van der Waals surface area contributed by atoms with E-state index in [1.807, 2.05) is 0 Å². The molecule has 0 aromatic carbocycles. The molecule has 3 N–H and O–H groups in total. The Morgan fingerprint density at radius 2 is 2.09 bits per heavy atom. The molecule has 1 unspecified atom stereocenters. The first-order chi connectivity index (χ1) is 15.7. The molecule has 1 aromatic heterocycles. The summed E-state index contributed by atoms with van der Waals surface area (Å²) in [5.74, 6) is -0.230. The molecular formula is C20H30N3O9P. The van der Waals surface area contributed by atoms with E-state index in [-0.39, 0.29) is 31.7 Å². The van der Waals surface area contributed by atoms with Gasteiger partial charge in [-0.3, -0.25) is 32.7 Å². The number of aromatic nitrogens is 2. The minimum Gasteiger partial charge on any atom is -0.462 e. The lowest BCUT2D eigenvalue weighted by Gasteiger charge is -2.35. The normalized spacial score (nSPS) is 34.3. The van der Waals surface area contributed by atoms with Gasteiger partial charge in [0.2, 0.25) is 0 Å². The van der Waals surface area contributed by atoms with E-state index in [1.54, 1.807) is 6.92 Å². The van der Waals surface area contributed by atoms with Gasteiger partial charge < -0.3 is 15.2 Å². The fraction of sp³-hybridized carbons (Fsp3) is 0.750. The molecule has 33 heavy (non-hydrogen) atoms. The molecule has 12 nitrogen and oxygen atoms in total. The first-order valence-corrected chi connectivity index (χ1v) is 12.7. The largest absolute Gasteiger partial charge is 0.475 e. The Balaban J connectivity index is 1.28. The van der Waals surface area contributed by atoms with Crippen LogP contribution in [-0.2, 0) is 32.4 Å². The third-order valence-electron chi connectivity index (χ3n) is 6.15. The Morgan fingerprint density at radius 1 is 1.33 bits per heavy atom. The summed E-state index contributed by atoms with van der Waals surface area (Å²) < 4.78 is 41.7. The number of fused-ring (bicyclic) bond motifs is 1. The molecule has 184 valence electrons. The van der Waals surface area contributed by atoms with Crippen molar-refractivity contribution in [1.82, 2.24) is 9.55 Å². The van der Waals surface area contributed by atoms with Gasteiger partial charge in [-0.2, -0.15) is 0 Å². The lowest BCUT2D eigenvalue weighted by atomic mass is 9.93. The molecule has 4 rings (SSSR count). The lowest BCUT2D eigenvalue weighted by molar-refractivity contribution is -0.148. The van der Waals surface area contributed by atoms with E-state index in [0.717, 1.165) is 30.3 Å². The maximum atomic E-state index is 13.0. The summed E-state index contributed by atoms with van der Waals surface area (Å²) >= 11 is 0. The van der Waals surface area contributed by atoms with Crippen LogP contribution in [0.1, 0.15) is 58.1 Å². The Bertz CT molecular complexity index is 1020. The highest BCUT2D eigenvalue weighted by atomic mass is 31.2. The highest BCUT2D eigenvalue weighted by Crippen LogP contribution is 2.58. The zero-order valence-corrected chi connectivity index (χ0v) is 19.4. The summed E-state index contributed by atoms with van der Waals surface area (Å²) in [6, 6.07) is 1.18. The van der Waals surface area contributed by atoms with Crippen LogP contribution in [0, 0.1) is 0 Å². The van der Waals surface area contributed by atoms with E-state index >= 15 is 0 Å². The van der Waals surface area contributed by atoms with E-state index in [2.05, 4.69) is 4.98 Å². The summed E-state index contributed by atoms with van der Waals surface area (Å²) in [5, 5.41) is 0. The number of phosphoric ester groups is 1. The maximum Gasteiger partial charge on any atom is 0.475 e. The highest BCUT2D eigenvalue weighted by Gasteiger charge is 2.59. The first-order valence-electron chi connectivity index (χ1n) is 11.2. The number of esters is 1. The Hall–Kier alpha value is -1.82. The molecule has 3 fully saturated rings. The van der Waals surface area contributed by atoms with Gasteiger partial charge in [-0.25, -0.2) is 9.36 Å². The van der Waals surface area contributed by atoms with E-state index < -0.39 is 43.0 Å². The molecule has 1 aliphatic carbocycles. The van der Waals surface area contributed by atoms with Crippen molar-refractivity contribution >= 4 is 13.8 Å². The number of carbonyl (C=O) groups is 1. The van der Waals surface area contributed by atoms with Crippen LogP contribution in [0.25, 0.3) is 0 Å². The second-order valence-corrected chi connectivity index (χ2v) is 10.5. The number of H-pyrrole nitrogens is 1. The van der Waals surface area contributed by atoms with Crippen LogP contribution in [0.5, 0.6) is 0 Å². The van der Waals surface area contributed by atoms with Crippen LogP contribution in [0.3, 0.4) is 0 Å². The number of hydrogen-bond donors (Lipinski definition) is 2. The SMILES string of the molecule is C[C@@]1(N)[C@@H]2O[P@@](=O)(OCCCCC(=O)OC3CCCC3)OCC2O[C@H]1n1ccc(=O)[nH]c1=O. The zero-order chi connectivity index (χ0) is 23.6. The van der Waals surface area contributed by atoms with Crippen molar-refractivity contribution in [3.05, 3.63) is 33.1 Å². The number of nitrogens with two attached hydrogens (primary N) is 1. The number of rotatable bonds is 8. The van der Waals surface area contributed by atoms with Crippen molar-refractivity contribution in [3.63, 3.8) is 0 Å². The fourth-order valence-corrected chi connectivity index (χ4v) is 5.93. The van der Waals surface area contributed by atoms with Crippen molar-refractivity contribution < 1.29 is 32.4 Å². The highest BCUT2D eigenvalue weighted by molar-refractivity contribution is 7.48. The molecule has 13 heteroatoms. The second-order valence-electron chi connectivity index (χ2n) is 8.87. The molecule has 0 bridgehead atoms. The summed E-state index contributed by atoms with van der Waals surface area (Å²) in [6.45, 7) is 1.57. The van der Waals surface area contributed by atoms with Crippen LogP contribution in [0.4, 0.5) is 0 Å². The predicted molar refractivity (Wildman–Crippen MR) is 114 cm³/mol. The zero-order valence-electron chi connectivity index (χ0n) is 18.5. The molecule has 2 saturated heterocycles. The molecule has 1 aromatic rings. The van der Waals surface area contributed by atoms with Gasteiger partial charge >= 0.3 is 19.5 Å². The van der Waals surface area contributed by atoms with Gasteiger partial charge in [-0.05, 0) is 45.4 Å². The standard InChI is InChI=1S/C20H30N3O9P/c1-20(21)17-14(31-18(20)23-10-9-15(24)22-19(23)26)12-29-33(27,32-17)28-11-5-4-8-16(25)30-13-6-2-3-7-13/h9-10,13-14,17-18H,2-8,11-12,21H2,1H3,(H,22,24,26)/t14?,17-,18-,20-,33+/m1/s1. The van der Waals surface area contributed by atoms with Gasteiger partial charge in [-0.1, -0.05) is 0 Å². The minimum atomic E-state index is -3.91. The molecule has 2 aliphatic heterocycles. The molecule has 0 radical (unpaired) electrons. The van der Waals surface area contributed by atoms with Crippen LogP contribution < -0.4 is 17.0 Å². The van der Waals surface area contributed by atoms with Crippen LogP contribution >= 0.6 is 7.82 Å². The van der Waals surface area contributed by atoms with Gasteiger partial charge in [0.1, 0.15) is 18.3 Å². The molecular weight excluding hydrogens is 457 g/mol. The van der Waals surface area contributed by atoms with Crippen molar-refractivity contribution in [1.29, 1.82) is 0 Å². The molecule has 0 amide bonds. The van der Waals surface area contributed by atoms with E-state index in [0.29, 0.717) is 12.8 Å². The number of ether oxygens (including phenoxy) is 2. The summed E-state index contributed by atoms with van der Waals surface area (Å²) in [4.78, 5) is 37.6. The minimum absolute atomic E-state index is 0.0385. The molecule has 0 spiro atoms. The van der Waals surface area contributed by atoms with Gasteiger partial charge in [0.05, 0.1) is 18.8 Å². The third-order valence-corrected chi connectivity index (χ3v) is 7.60. The Labute approximate surface area is 190 Å². The lowest BCUT2D eigenvalue weighted by Crippen LogP contribution is -2.55. The number of aromatic amines is 1. The number of nitrogens with zero attached hydrogens (tertiary/aromatic N) is 1. The van der Waals surface area contributed by atoms with Gasteiger partial charge in [-0.15, -0.1) is 0 Å². The molecule has 3 aliphatic rings. The monoisotopic (exact) mass is 487 g/mol. The topological polar surface area (TPSA) is 161 Å². The Morgan fingerprint density at radius 3 is 2.82 bits per heavy atom. The average molecular weight is 487 g/mol. The fourth-order valence-electron chi connectivity index (χ4n) is 4.41. The van der Waals surface area contributed by atoms with Crippen molar-refractivity contribution in [2.24, 2.45) is 5.73 Å². The van der Waals surface area contributed by atoms with Gasteiger partial charge in [0.25, 0.3) is 5.56 Å². The molecule has 3 heterocycles. The number of unbranched alkanes of at least 4 members (excludes halogenated alkanes) is 1. The van der Waals surface area contributed by atoms with E-state index in [9.17, 15) is 18.9 Å². The first kappa shape index (κ1) is 24.3. The van der Waals surface area contributed by atoms with Crippen molar-refractivity contribution in [2.75, 3.05) is 13.2 Å². The predicted octanol–water partition coefficient (Wildman–Crippen LogP) is 1.35. The van der Waals surface area contributed by atoms with Gasteiger partial charge in [0, 0.05) is 18.7 Å². The van der Waals surface area contributed by atoms with Gasteiger partial charge in [0.15, 0.2) is 6.23 Å². The van der Waals surface area contributed by atoms with Crippen molar-refractivity contribution in [2.45, 2.75) is 81.9 Å². The summed E-state index contributed by atoms with van der Waals surface area (Å²) in [6.07, 6.45) is 4.09.